The van der Waals surface area contributed by atoms with Gasteiger partial charge in [0.1, 0.15) is 0 Å². The molecule has 1 nitrogen and oxygen atoms in total. The molecule has 0 heterocycles. The van der Waals surface area contributed by atoms with Gasteiger partial charge < -0.3 is 5.73 Å². The topological polar surface area (TPSA) is 26.0 Å². The number of nitrogens with two attached hydrogens (primary N) is 1. The first kappa shape index (κ1) is 9.72. The SMILES string of the molecule is Cc1cccc(C2CCCCC2N)c1. The van der Waals surface area contributed by atoms with Gasteiger partial charge >= 0.3 is 0 Å². The van der Waals surface area contributed by atoms with Gasteiger partial charge in [-0.15, -0.1) is 0 Å². The summed E-state index contributed by atoms with van der Waals surface area (Å²) in [7, 11) is 0. The molecule has 0 aromatic heterocycles. The van der Waals surface area contributed by atoms with Crippen LogP contribution >= 0.6 is 0 Å². The lowest BCUT2D eigenvalue weighted by Crippen LogP contribution is -2.31. The predicted molar refractivity (Wildman–Crippen MR) is 60.4 cm³/mol. The van der Waals surface area contributed by atoms with Crippen molar-refractivity contribution in [2.75, 3.05) is 0 Å². The fraction of sp³-hybridized carbons (Fsp3) is 0.538. The molecule has 2 atom stereocenters. The summed E-state index contributed by atoms with van der Waals surface area (Å²) in [6.45, 7) is 2.15. The predicted octanol–water partition coefficient (Wildman–Crippen LogP) is 2.98. The third-order valence-electron chi connectivity index (χ3n) is 3.29. The molecule has 76 valence electrons. The number of aryl methyl sites for hydroxylation is 1. The lowest BCUT2D eigenvalue weighted by molar-refractivity contribution is 0.385. The molecule has 1 saturated carbocycles. The van der Waals surface area contributed by atoms with E-state index in [9.17, 15) is 0 Å². The Morgan fingerprint density at radius 2 is 2.00 bits per heavy atom. The summed E-state index contributed by atoms with van der Waals surface area (Å²) in [4.78, 5) is 0. The van der Waals surface area contributed by atoms with Crippen molar-refractivity contribution in [1.82, 2.24) is 0 Å². The van der Waals surface area contributed by atoms with E-state index in [1.54, 1.807) is 0 Å². The quantitative estimate of drug-likeness (QED) is 0.722. The van der Waals surface area contributed by atoms with E-state index in [2.05, 4.69) is 31.2 Å². The molecule has 2 unspecified atom stereocenters. The van der Waals surface area contributed by atoms with Crippen molar-refractivity contribution in [2.45, 2.75) is 44.6 Å². The third kappa shape index (κ3) is 1.98. The van der Waals surface area contributed by atoms with Gasteiger partial charge in [-0.25, -0.2) is 0 Å². The average molecular weight is 189 g/mol. The Kier molecular flexibility index (Phi) is 2.87. The molecule has 0 radical (unpaired) electrons. The van der Waals surface area contributed by atoms with Gasteiger partial charge in [0.05, 0.1) is 0 Å². The average Bonchev–Trinajstić information content (AvgIpc) is 2.18. The first-order valence-electron chi connectivity index (χ1n) is 5.59. The Bertz CT molecular complexity index is 306. The zero-order chi connectivity index (χ0) is 9.97. The minimum absolute atomic E-state index is 0.380. The lowest BCUT2D eigenvalue weighted by Gasteiger charge is -2.29. The monoisotopic (exact) mass is 189 g/mol. The zero-order valence-corrected chi connectivity index (χ0v) is 8.87. The van der Waals surface area contributed by atoms with Crippen LogP contribution in [0, 0.1) is 6.92 Å². The van der Waals surface area contributed by atoms with Crippen LogP contribution in [-0.2, 0) is 0 Å². The van der Waals surface area contributed by atoms with Gasteiger partial charge in [-0.3, -0.25) is 0 Å². The molecule has 1 aliphatic carbocycles. The van der Waals surface area contributed by atoms with Gasteiger partial charge in [-0.2, -0.15) is 0 Å². The van der Waals surface area contributed by atoms with E-state index in [0.717, 1.165) is 0 Å². The van der Waals surface area contributed by atoms with E-state index in [0.29, 0.717) is 12.0 Å². The van der Waals surface area contributed by atoms with Gasteiger partial charge in [-0.05, 0) is 31.2 Å². The van der Waals surface area contributed by atoms with Crippen LogP contribution in [0.1, 0.15) is 42.7 Å². The van der Waals surface area contributed by atoms with Crippen LogP contribution in [-0.4, -0.2) is 6.04 Å². The first-order chi connectivity index (χ1) is 6.77. The molecule has 1 aromatic carbocycles. The molecule has 2 rings (SSSR count). The van der Waals surface area contributed by atoms with Crippen LogP contribution in [0.5, 0.6) is 0 Å². The molecular weight excluding hydrogens is 170 g/mol. The first-order valence-corrected chi connectivity index (χ1v) is 5.59. The standard InChI is InChI=1S/C13H19N/c1-10-5-4-6-11(9-10)12-7-2-3-8-13(12)14/h4-6,9,12-13H,2-3,7-8,14H2,1H3. The summed E-state index contributed by atoms with van der Waals surface area (Å²) in [5, 5.41) is 0. The fourth-order valence-corrected chi connectivity index (χ4v) is 2.47. The molecule has 0 saturated heterocycles. The van der Waals surface area contributed by atoms with E-state index in [4.69, 9.17) is 5.73 Å². The minimum Gasteiger partial charge on any atom is -0.327 e. The van der Waals surface area contributed by atoms with Crippen molar-refractivity contribution in [3.05, 3.63) is 35.4 Å². The molecule has 1 aliphatic rings. The molecular formula is C13H19N. The second-order valence-corrected chi connectivity index (χ2v) is 4.47. The van der Waals surface area contributed by atoms with Gasteiger partial charge in [0.15, 0.2) is 0 Å². The third-order valence-corrected chi connectivity index (χ3v) is 3.29. The Hall–Kier alpha value is -0.820. The summed E-state index contributed by atoms with van der Waals surface area (Å²) in [5.74, 6) is 0.601. The van der Waals surface area contributed by atoms with Crippen LogP contribution in [0.3, 0.4) is 0 Å². The molecule has 0 bridgehead atoms. The van der Waals surface area contributed by atoms with Crippen molar-refractivity contribution >= 4 is 0 Å². The number of hydrogen-bond donors (Lipinski definition) is 1. The van der Waals surface area contributed by atoms with Crippen molar-refractivity contribution < 1.29 is 0 Å². The minimum atomic E-state index is 0.380. The summed E-state index contributed by atoms with van der Waals surface area (Å²) >= 11 is 0. The Morgan fingerprint density at radius 3 is 2.71 bits per heavy atom. The highest BCUT2D eigenvalue weighted by Gasteiger charge is 2.22. The Balaban J connectivity index is 2.20. The maximum atomic E-state index is 6.16. The van der Waals surface area contributed by atoms with Crippen LogP contribution in [0.4, 0.5) is 0 Å². The van der Waals surface area contributed by atoms with E-state index < -0.39 is 0 Å². The summed E-state index contributed by atoms with van der Waals surface area (Å²) in [5.41, 5.74) is 8.95. The second-order valence-electron chi connectivity index (χ2n) is 4.47. The van der Waals surface area contributed by atoms with Crippen LogP contribution < -0.4 is 5.73 Å². The van der Waals surface area contributed by atoms with Gasteiger partial charge in [0, 0.05) is 6.04 Å². The molecule has 14 heavy (non-hydrogen) atoms. The van der Waals surface area contributed by atoms with Crippen LogP contribution in [0.2, 0.25) is 0 Å². The lowest BCUT2D eigenvalue weighted by atomic mass is 9.80. The van der Waals surface area contributed by atoms with Gasteiger partial charge in [0.2, 0.25) is 0 Å². The number of rotatable bonds is 1. The van der Waals surface area contributed by atoms with Crippen molar-refractivity contribution in [1.29, 1.82) is 0 Å². The Labute approximate surface area is 86.3 Å². The highest BCUT2D eigenvalue weighted by Crippen LogP contribution is 2.31. The van der Waals surface area contributed by atoms with Gasteiger partial charge in [0.25, 0.3) is 0 Å². The normalized spacial score (nSPS) is 27.6. The molecule has 0 amide bonds. The molecule has 0 spiro atoms. The van der Waals surface area contributed by atoms with E-state index >= 15 is 0 Å². The summed E-state index contributed by atoms with van der Waals surface area (Å²) < 4.78 is 0. The highest BCUT2D eigenvalue weighted by molar-refractivity contribution is 5.27. The molecule has 1 heteroatoms. The smallest absolute Gasteiger partial charge is 0.0108 e. The highest BCUT2D eigenvalue weighted by atomic mass is 14.7. The fourth-order valence-electron chi connectivity index (χ4n) is 2.47. The van der Waals surface area contributed by atoms with Crippen LogP contribution in [0.15, 0.2) is 24.3 Å². The van der Waals surface area contributed by atoms with E-state index in [1.165, 1.54) is 36.8 Å². The Morgan fingerprint density at radius 1 is 1.21 bits per heavy atom. The molecule has 1 fully saturated rings. The van der Waals surface area contributed by atoms with Gasteiger partial charge in [-0.1, -0.05) is 42.7 Å². The number of hydrogen-bond acceptors (Lipinski definition) is 1. The molecule has 0 aliphatic heterocycles. The zero-order valence-electron chi connectivity index (χ0n) is 8.87. The van der Waals surface area contributed by atoms with Crippen LogP contribution in [0.25, 0.3) is 0 Å². The number of benzene rings is 1. The van der Waals surface area contributed by atoms with Crippen molar-refractivity contribution in [2.24, 2.45) is 5.73 Å². The van der Waals surface area contributed by atoms with E-state index in [-0.39, 0.29) is 0 Å². The molecule has 2 N–H and O–H groups in total. The maximum absolute atomic E-state index is 6.16. The summed E-state index contributed by atoms with van der Waals surface area (Å²) in [6, 6.07) is 9.19. The molecule has 1 aromatic rings. The van der Waals surface area contributed by atoms with E-state index in [1.807, 2.05) is 0 Å². The summed E-state index contributed by atoms with van der Waals surface area (Å²) in [6.07, 6.45) is 5.11. The van der Waals surface area contributed by atoms with Crippen molar-refractivity contribution in [3.8, 4) is 0 Å². The van der Waals surface area contributed by atoms with Crippen molar-refractivity contribution in [3.63, 3.8) is 0 Å². The maximum Gasteiger partial charge on any atom is 0.0108 e. The second kappa shape index (κ2) is 4.14. The largest absolute Gasteiger partial charge is 0.327 e.